The van der Waals surface area contributed by atoms with Crippen LogP contribution in [0.5, 0.6) is 0 Å². The van der Waals surface area contributed by atoms with E-state index in [1.54, 1.807) is 6.07 Å². The fourth-order valence-electron chi connectivity index (χ4n) is 1.10. The third-order valence-corrected chi connectivity index (χ3v) is 1.76. The van der Waals surface area contributed by atoms with Crippen molar-refractivity contribution in [1.82, 2.24) is 4.98 Å². The van der Waals surface area contributed by atoms with Crippen molar-refractivity contribution in [1.29, 1.82) is 5.26 Å². The Morgan fingerprint density at radius 2 is 2.40 bits per heavy atom. The van der Waals surface area contributed by atoms with Gasteiger partial charge < -0.3 is 14.8 Å². The predicted molar refractivity (Wildman–Crippen MR) is 49.5 cm³/mol. The molecule has 15 heavy (non-hydrogen) atoms. The summed E-state index contributed by atoms with van der Waals surface area (Å²) in [6, 6.07) is 2.65. The van der Waals surface area contributed by atoms with Crippen molar-refractivity contribution >= 4 is 5.97 Å². The summed E-state index contributed by atoms with van der Waals surface area (Å²) in [6.07, 6.45) is 0. The number of ether oxygens (including phenoxy) is 1. The average molecular weight is 208 g/mol. The highest BCUT2D eigenvalue weighted by atomic mass is 16.5. The van der Waals surface area contributed by atoms with Crippen LogP contribution in [0.4, 0.5) is 0 Å². The van der Waals surface area contributed by atoms with E-state index >= 15 is 0 Å². The molecule has 0 amide bonds. The van der Waals surface area contributed by atoms with E-state index < -0.39 is 11.5 Å². The van der Waals surface area contributed by atoms with Gasteiger partial charge in [0.05, 0.1) is 17.9 Å². The van der Waals surface area contributed by atoms with Crippen LogP contribution >= 0.6 is 0 Å². The Kier molecular flexibility index (Phi) is 3.21. The summed E-state index contributed by atoms with van der Waals surface area (Å²) in [5.41, 5.74) is -0.830. The van der Waals surface area contributed by atoms with Crippen LogP contribution in [0.2, 0.25) is 0 Å². The van der Waals surface area contributed by atoms with Gasteiger partial charge in [0.15, 0.2) is 0 Å². The van der Waals surface area contributed by atoms with Crippen LogP contribution < -0.4 is 5.56 Å². The summed E-state index contributed by atoms with van der Waals surface area (Å²) in [6.45, 7) is -0.0252. The molecular weight excluding hydrogens is 200 g/mol. The molecule has 6 heteroatoms. The lowest BCUT2D eigenvalue weighted by Crippen LogP contribution is -2.17. The lowest BCUT2D eigenvalue weighted by atomic mass is 10.1. The third-order valence-electron chi connectivity index (χ3n) is 1.76. The lowest BCUT2D eigenvalue weighted by molar-refractivity contribution is 0.0690. The zero-order valence-electron chi connectivity index (χ0n) is 7.90. The summed E-state index contributed by atoms with van der Waals surface area (Å²) in [5.74, 6) is -1.21. The predicted octanol–water partition coefficient (Wildman–Crippen LogP) is 0.0912. The molecule has 0 bridgehead atoms. The first kappa shape index (κ1) is 10.9. The summed E-state index contributed by atoms with van der Waals surface area (Å²) < 4.78 is 4.73. The molecule has 1 aromatic rings. The standard InChI is InChI=1S/C9H8N2O4/c1-15-4-7-6(9(13)14)2-5(3-10)8(12)11-7/h2H,4H2,1H3,(H,11,12)(H,13,14). The fraction of sp³-hybridized carbons (Fsp3) is 0.222. The number of nitrogens with one attached hydrogen (secondary N) is 1. The van der Waals surface area contributed by atoms with Crippen molar-refractivity contribution in [2.24, 2.45) is 0 Å². The molecule has 1 aromatic heterocycles. The number of nitriles is 1. The molecule has 0 atom stereocenters. The van der Waals surface area contributed by atoms with Gasteiger partial charge in [-0.2, -0.15) is 5.26 Å². The topological polar surface area (TPSA) is 103 Å². The number of hydrogen-bond donors (Lipinski definition) is 2. The minimum absolute atomic E-state index is 0.0252. The Balaban J connectivity index is 3.40. The van der Waals surface area contributed by atoms with E-state index in [2.05, 4.69) is 4.98 Å². The molecule has 0 aliphatic carbocycles. The second-order valence-electron chi connectivity index (χ2n) is 2.75. The summed E-state index contributed by atoms with van der Waals surface area (Å²) in [5, 5.41) is 17.4. The number of carbonyl (C=O) groups is 1. The Morgan fingerprint density at radius 3 is 2.87 bits per heavy atom. The van der Waals surface area contributed by atoms with Crippen LogP contribution in [-0.2, 0) is 11.3 Å². The number of aromatic amines is 1. The van der Waals surface area contributed by atoms with E-state index in [1.165, 1.54) is 7.11 Å². The summed E-state index contributed by atoms with van der Waals surface area (Å²) in [4.78, 5) is 24.3. The summed E-state index contributed by atoms with van der Waals surface area (Å²) in [7, 11) is 1.38. The molecule has 2 N–H and O–H groups in total. The molecule has 1 heterocycles. The van der Waals surface area contributed by atoms with Crippen LogP contribution in [0, 0.1) is 11.3 Å². The van der Waals surface area contributed by atoms with Gasteiger partial charge in [0.2, 0.25) is 0 Å². The average Bonchev–Trinajstić information content (AvgIpc) is 2.18. The quantitative estimate of drug-likeness (QED) is 0.732. The van der Waals surface area contributed by atoms with Gasteiger partial charge in [0.25, 0.3) is 5.56 Å². The first-order valence-corrected chi connectivity index (χ1v) is 3.98. The molecule has 0 fully saturated rings. The lowest BCUT2D eigenvalue weighted by Gasteiger charge is -2.04. The van der Waals surface area contributed by atoms with Crippen molar-refractivity contribution in [3.8, 4) is 6.07 Å². The van der Waals surface area contributed by atoms with Gasteiger partial charge in [-0.05, 0) is 6.07 Å². The van der Waals surface area contributed by atoms with Crippen molar-refractivity contribution in [3.63, 3.8) is 0 Å². The Hall–Kier alpha value is -2.13. The number of pyridine rings is 1. The first-order valence-electron chi connectivity index (χ1n) is 3.98. The van der Waals surface area contributed by atoms with Gasteiger partial charge in [-0.3, -0.25) is 4.79 Å². The highest BCUT2D eigenvalue weighted by molar-refractivity contribution is 5.89. The van der Waals surface area contributed by atoms with Crippen LogP contribution in [0.3, 0.4) is 0 Å². The smallest absolute Gasteiger partial charge is 0.337 e. The number of nitrogens with zero attached hydrogens (tertiary/aromatic N) is 1. The SMILES string of the molecule is COCc1[nH]c(=O)c(C#N)cc1C(=O)O. The molecule has 0 unspecified atom stereocenters. The minimum Gasteiger partial charge on any atom is -0.478 e. The Bertz CT molecular complexity index is 484. The molecule has 0 aliphatic rings. The van der Waals surface area contributed by atoms with Gasteiger partial charge in [0.1, 0.15) is 11.6 Å². The van der Waals surface area contributed by atoms with E-state index in [-0.39, 0.29) is 23.4 Å². The van der Waals surface area contributed by atoms with Crippen LogP contribution in [-0.4, -0.2) is 23.2 Å². The second-order valence-corrected chi connectivity index (χ2v) is 2.75. The minimum atomic E-state index is -1.21. The van der Waals surface area contributed by atoms with Crippen LogP contribution in [0.25, 0.3) is 0 Å². The highest BCUT2D eigenvalue weighted by Gasteiger charge is 2.13. The summed E-state index contributed by atoms with van der Waals surface area (Å²) >= 11 is 0. The fourth-order valence-corrected chi connectivity index (χ4v) is 1.10. The number of rotatable bonds is 3. The largest absolute Gasteiger partial charge is 0.478 e. The van der Waals surface area contributed by atoms with Gasteiger partial charge in [-0.25, -0.2) is 4.79 Å². The third kappa shape index (κ3) is 2.21. The van der Waals surface area contributed by atoms with Gasteiger partial charge >= 0.3 is 5.97 Å². The van der Waals surface area contributed by atoms with Gasteiger partial charge in [0, 0.05) is 7.11 Å². The molecule has 0 saturated heterocycles. The Labute approximate surface area is 84.7 Å². The number of aromatic nitrogens is 1. The monoisotopic (exact) mass is 208 g/mol. The molecule has 78 valence electrons. The van der Waals surface area contributed by atoms with Crippen LogP contribution in [0.1, 0.15) is 21.6 Å². The molecule has 0 aliphatic heterocycles. The molecule has 1 rings (SSSR count). The number of hydrogen-bond acceptors (Lipinski definition) is 4. The number of H-pyrrole nitrogens is 1. The molecule has 0 radical (unpaired) electrons. The maximum Gasteiger partial charge on any atom is 0.337 e. The van der Waals surface area contributed by atoms with E-state index in [0.29, 0.717) is 0 Å². The number of methoxy groups -OCH3 is 1. The number of carboxylic acids is 1. The van der Waals surface area contributed by atoms with Crippen molar-refractivity contribution < 1.29 is 14.6 Å². The Morgan fingerprint density at radius 1 is 1.73 bits per heavy atom. The van der Waals surface area contributed by atoms with Crippen molar-refractivity contribution in [2.75, 3.05) is 7.11 Å². The highest BCUT2D eigenvalue weighted by Crippen LogP contribution is 2.06. The van der Waals surface area contributed by atoms with E-state index in [4.69, 9.17) is 15.1 Å². The first-order chi connectivity index (χ1) is 7.10. The molecule has 0 spiro atoms. The van der Waals surface area contributed by atoms with Crippen LogP contribution in [0.15, 0.2) is 10.9 Å². The van der Waals surface area contributed by atoms with E-state index in [1.807, 2.05) is 0 Å². The normalized spacial score (nSPS) is 9.60. The molecule has 6 nitrogen and oxygen atoms in total. The number of aromatic carboxylic acids is 1. The number of carboxylic acid groups (broad SMARTS) is 1. The zero-order valence-corrected chi connectivity index (χ0v) is 7.90. The zero-order chi connectivity index (χ0) is 11.4. The molecule has 0 aromatic carbocycles. The van der Waals surface area contributed by atoms with Gasteiger partial charge in [-0.1, -0.05) is 0 Å². The van der Waals surface area contributed by atoms with Crippen molar-refractivity contribution in [3.05, 3.63) is 33.2 Å². The van der Waals surface area contributed by atoms with Gasteiger partial charge in [-0.15, -0.1) is 0 Å². The van der Waals surface area contributed by atoms with E-state index in [9.17, 15) is 9.59 Å². The molecular formula is C9H8N2O4. The second kappa shape index (κ2) is 4.39. The molecule has 0 saturated carbocycles. The maximum atomic E-state index is 11.2. The van der Waals surface area contributed by atoms with Crippen molar-refractivity contribution in [2.45, 2.75) is 6.61 Å². The maximum absolute atomic E-state index is 11.2. The van der Waals surface area contributed by atoms with E-state index in [0.717, 1.165) is 6.07 Å².